The van der Waals surface area contributed by atoms with Crippen LogP contribution >= 0.6 is 11.6 Å². The molecule has 19 heavy (non-hydrogen) atoms. The first-order chi connectivity index (χ1) is 9.15. The van der Waals surface area contributed by atoms with Gasteiger partial charge in [-0.25, -0.2) is 0 Å². The van der Waals surface area contributed by atoms with Gasteiger partial charge in [0.15, 0.2) is 0 Å². The minimum Gasteiger partial charge on any atom is -0.404 e. The lowest BCUT2D eigenvalue weighted by molar-refractivity contribution is -0.402. The lowest BCUT2D eigenvalue weighted by atomic mass is 10.2. The van der Waals surface area contributed by atoms with Crippen molar-refractivity contribution in [1.29, 1.82) is 0 Å². The minimum absolute atomic E-state index is 0.246. The number of hydrogen-bond acceptors (Lipinski definition) is 3. The number of nitro groups is 1. The highest BCUT2D eigenvalue weighted by Gasteiger charge is 2.13. The number of furan rings is 1. The Labute approximate surface area is 113 Å². The Bertz CT molecular complexity index is 760. The van der Waals surface area contributed by atoms with Gasteiger partial charge in [0, 0.05) is 22.1 Å². The fourth-order valence-electron chi connectivity index (χ4n) is 2.04. The van der Waals surface area contributed by atoms with Crippen molar-refractivity contribution in [3.05, 3.63) is 63.5 Å². The second kappa shape index (κ2) is 4.44. The number of nitrogens with zero attached hydrogens (tertiary/aromatic N) is 2. The van der Waals surface area contributed by atoms with Crippen molar-refractivity contribution < 1.29 is 9.34 Å². The van der Waals surface area contributed by atoms with Crippen LogP contribution in [0.3, 0.4) is 0 Å². The molecule has 0 saturated heterocycles. The predicted octanol–water partition coefficient (Wildman–Crippen LogP) is 3.84. The maximum atomic E-state index is 10.6. The van der Waals surface area contributed by atoms with Crippen LogP contribution in [-0.4, -0.2) is 9.49 Å². The molecule has 0 aliphatic carbocycles. The van der Waals surface area contributed by atoms with Crippen LogP contribution in [0.2, 0.25) is 5.02 Å². The summed E-state index contributed by atoms with van der Waals surface area (Å²) in [4.78, 5) is 10.0. The molecule has 0 bridgehead atoms. The fraction of sp³-hybridized carbons (Fsp3) is 0.0769. The third-order valence-corrected chi connectivity index (χ3v) is 3.24. The Morgan fingerprint density at radius 2 is 2.11 bits per heavy atom. The highest BCUT2D eigenvalue weighted by Crippen LogP contribution is 2.25. The van der Waals surface area contributed by atoms with Crippen LogP contribution in [0.5, 0.6) is 0 Å². The van der Waals surface area contributed by atoms with E-state index in [0.29, 0.717) is 17.3 Å². The maximum Gasteiger partial charge on any atom is 0.433 e. The Kier molecular flexibility index (Phi) is 2.76. The van der Waals surface area contributed by atoms with Crippen molar-refractivity contribution in [2.75, 3.05) is 0 Å². The quantitative estimate of drug-likeness (QED) is 0.539. The molecule has 2 heterocycles. The molecule has 5 nitrogen and oxygen atoms in total. The Morgan fingerprint density at radius 1 is 1.26 bits per heavy atom. The van der Waals surface area contributed by atoms with Gasteiger partial charge >= 0.3 is 5.88 Å². The highest BCUT2D eigenvalue weighted by atomic mass is 35.5. The van der Waals surface area contributed by atoms with Gasteiger partial charge in [-0.05, 0) is 24.3 Å². The number of rotatable bonds is 3. The summed E-state index contributed by atoms with van der Waals surface area (Å²) in [5.74, 6) is 0.286. The third-order valence-electron chi connectivity index (χ3n) is 2.91. The van der Waals surface area contributed by atoms with Crippen LogP contribution < -0.4 is 0 Å². The first-order valence-electron chi connectivity index (χ1n) is 5.61. The van der Waals surface area contributed by atoms with Gasteiger partial charge in [-0.2, -0.15) is 0 Å². The fourth-order valence-corrected chi connectivity index (χ4v) is 2.27. The van der Waals surface area contributed by atoms with Gasteiger partial charge in [-0.1, -0.05) is 17.7 Å². The largest absolute Gasteiger partial charge is 0.433 e. The zero-order chi connectivity index (χ0) is 13.4. The number of aromatic nitrogens is 1. The van der Waals surface area contributed by atoms with E-state index in [9.17, 15) is 10.1 Å². The van der Waals surface area contributed by atoms with Gasteiger partial charge in [0.1, 0.15) is 10.7 Å². The van der Waals surface area contributed by atoms with Gasteiger partial charge in [-0.3, -0.25) is 10.1 Å². The molecule has 0 spiro atoms. The lowest BCUT2D eigenvalue weighted by Gasteiger charge is -2.02. The first kappa shape index (κ1) is 11.8. The van der Waals surface area contributed by atoms with Gasteiger partial charge in [0.05, 0.1) is 12.6 Å². The van der Waals surface area contributed by atoms with E-state index in [1.54, 1.807) is 6.07 Å². The standard InChI is InChI=1S/C13H9ClN2O3/c14-11-2-1-3-12-10(11)6-7-15(12)8-9-4-5-13(19-9)16(17)18/h1-7H,8H2. The molecule has 0 unspecified atom stereocenters. The van der Waals surface area contributed by atoms with Gasteiger partial charge in [-0.15, -0.1) is 0 Å². The van der Waals surface area contributed by atoms with Gasteiger partial charge < -0.3 is 8.98 Å². The molecule has 0 saturated carbocycles. The molecule has 0 aliphatic heterocycles. The zero-order valence-corrected chi connectivity index (χ0v) is 10.5. The monoisotopic (exact) mass is 276 g/mol. The topological polar surface area (TPSA) is 61.2 Å². The predicted molar refractivity (Wildman–Crippen MR) is 71.4 cm³/mol. The van der Waals surface area contributed by atoms with E-state index in [1.807, 2.05) is 35.0 Å². The lowest BCUT2D eigenvalue weighted by Crippen LogP contribution is -1.96. The van der Waals surface area contributed by atoms with Crippen molar-refractivity contribution >= 4 is 28.4 Å². The number of benzene rings is 1. The number of halogens is 1. The second-order valence-corrected chi connectivity index (χ2v) is 4.52. The maximum absolute atomic E-state index is 10.6. The van der Waals surface area contributed by atoms with Crippen LogP contribution in [0.25, 0.3) is 10.9 Å². The molecule has 3 rings (SSSR count). The van der Waals surface area contributed by atoms with Crippen molar-refractivity contribution in [1.82, 2.24) is 4.57 Å². The van der Waals surface area contributed by atoms with Crippen LogP contribution in [0.1, 0.15) is 5.76 Å². The van der Waals surface area contributed by atoms with E-state index in [-0.39, 0.29) is 5.88 Å². The number of fused-ring (bicyclic) bond motifs is 1. The van der Waals surface area contributed by atoms with Crippen molar-refractivity contribution in [3.63, 3.8) is 0 Å². The molecule has 0 aliphatic rings. The normalized spacial score (nSPS) is 11.0. The Balaban J connectivity index is 1.96. The molecule has 6 heteroatoms. The Morgan fingerprint density at radius 3 is 2.84 bits per heavy atom. The molecule has 0 radical (unpaired) electrons. The van der Waals surface area contributed by atoms with E-state index in [0.717, 1.165) is 10.9 Å². The summed E-state index contributed by atoms with van der Waals surface area (Å²) in [6, 6.07) is 10.5. The SMILES string of the molecule is O=[N+]([O-])c1ccc(Cn2ccc3c(Cl)cccc32)o1. The zero-order valence-electron chi connectivity index (χ0n) is 9.75. The van der Waals surface area contributed by atoms with Crippen LogP contribution in [0.15, 0.2) is 47.0 Å². The summed E-state index contributed by atoms with van der Waals surface area (Å²) >= 11 is 6.09. The molecule has 96 valence electrons. The summed E-state index contributed by atoms with van der Waals surface area (Å²) < 4.78 is 7.08. The summed E-state index contributed by atoms with van der Waals surface area (Å²) in [7, 11) is 0. The third kappa shape index (κ3) is 2.08. The van der Waals surface area contributed by atoms with E-state index in [2.05, 4.69) is 0 Å². The summed E-state index contributed by atoms with van der Waals surface area (Å²) in [6.45, 7) is 0.428. The average Bonchev–Trinajstić information content (AvgIpc) is 2.98. The van der Waals surface area contributed by atoms with Crippen molar-refractivity contribution in [2.45, 2.75) is 6.54 Å². The van der Waals surface area contributed by atoms with Crippen LogP contribution in [-0.2, 0) is 6.54 Å². The van der Waals surface area contributed by atoms with Crippen LogP contribution in [0, 0.1) is 10.1 Å². The molecule has 0 N–H and O–H groups in total. The van der Waals surface area contributed by atoms with E-state index < -0.39 is 4.92 Å². The molecule has 0 amide bonds. The average molecular weight is 277 g/mol. The van der Waals surface area contributed by atoms with E-state index in [1.165, 1.54) is 6.07 Å². The minimum atomic E-state index is -0.547. The molecule has 3 aromatic rings. The smallest absolute Gasteiger partial charge is 0.404 e. The highest BCUT2D eigenvalue weighted by molar-refractivity contribution is 6.35. The molecular formula is C13H9ClN2O3. The van der Waals surface area contributed by atoms with Gasteiger partial charge in [0.2, 0.25) is 0 Å². The number of hydrogen-bond donors (Lipinski definition) is 0. The van der Waals surface area contributed by atoms with E-state index >= 15 is 0 Å². The first-order valence-corrected chi connectivity index (χ1v) is 5.99. The molecule has 2 aromatic heterocycles. The molecule has 1 aromatic carbocycles. The van der Waals surface area contributed by atoms with E-state index in [4.69, 9.17) is 16.0 Å². The molecule has 0 atom stereocenters. The van der Waals surface area contributed by atoms with Crippen molar-refractivity contribution in [3.8, 4) is 0 Å². The van der Waals surface area contributed by atoms with Crippen LogP contribution in [0.4, 0.5) is 5.88 Å². The Hall–Kier alpha value is -2.27. The molecular weight excluding hydrogens is 268 g/mol. The van der Waals surface area contributed by atoms with Gasteiger partial charge in [0.25, 0.3) is 0 Å². The summed E-state index contributed by atoms with van der Waals surface area (Å²) in [6.07, 6.45) is 1.88. The summed E-state index contributed by atoms with van der Waals surface area (Å²) in [5, 5.41) is 12.2. The molecule has 0 fully saturated rings. The second-order valence-electron chi connectivity index (χ2n) is 4.11. The summed E-state index contributed by atoms with van der Waals surface area (Å²) in [5.41, 5.74) is 0.964. The van der Waals surface area contributed by atoms with Crippen molar-refractivity contribution in [2.24, 2.45) is 0 Å².